The number of fused-ring (bicyclic) bond motifs is 1. The number of hydrogen-bond acceptors (Lipinski definition) is 3. The molecule has 3 rings (SSSR count). The van der Waals surface area contributed by atoms with Crippen molar-refractivity contribution in [2.45, 2.75) is 19.9 Å². The normalized spacial score (nSPS) is 11.0. The van der Waals surface area contributed by atoms with Crippen molar-refractivity contribution < 1.29 is 4.79 Å². The zero-order chi connectivity index (χ0) is 15.7. The molecule has 0 spiro atoms. The molecule has 0 aliphatic carbocycles. The van der Waals surface area contributed by atoms with Gasteiger partial charge in [0.15, 0.2) is 5.65 Å². The Morgan fingerprint density at radius 2 is 1.91 bits per heavy atom. The molecule has 0 aliphatic heterocycles. The average Bonchev–Trinajstić information content (AvgIpc) is 2.73. The molecule has 5 heteroatoms. The van der Waals surface area contributed by atoms with Crippen LogP contribution >= 0.6 is 0 Å². The van der Waals surface area contributed by atoms with Gasteiger partial charge in [-0.05, 0) is 24.1 Å². The Morgan fingerprint density at radius 1 is 1.18 bits per heavy atom. The lowest BCUT2D eigenvalue weighted by Crippen LogP contribution is -2.22. The predicted octanol–water partition coefficient (Wildman–Crippen LogP) is 1.91. The van der Waals surface area contributed by atoms with Crippen LogP contribution in [0.25, 0.3) is 11.2 Å². The molecule has 0 radical (unpaired) electrons. The highest BCUT2D eigenvalue weighted by Gasteiger charge is 2.13. The van der Waals surface area contributed by atoms with E-state index in [2.05, 4.69) is 4.98 Å². The lowest BCUT2D eigenvalue weighted by molar-refractivity contribution is -0.116. The van der Waals surface area contributed by atoms with E-state index in [-0.39, 0.29) is 11.5 Å². The SMILES string of the molecule is CC(=O)Cc1cnc2c(c1)n(Cc1ccccc1)c(=O)n2C. The van der Waals surface area contributed by atoms with E-state index < -0.39 is 0 Å². The molecule has 0 fully saturated rings. The van der Waals surface area contributed by atoms with E-state index in [4.69, 9.17) is 0 Å². The molecule has 2 aromatic heterocycles. The molecule has 3 aromatic rings. The average molecular weight is 295 g/mol. The predicted molar refractivity (Wildman–Crippen MR) is 84.9 cm³/mol. The number of Topliss-reactive ketones (excluding diaryl/α,β-unsaturated/α-hetero) is 1. The maximum absolute atomic E-state index is 12.4. The van der Waals surface area contributed by atoms with Gasteiger partial charge in [-0.15, -0.1) is 0 Å². The van der Waals surface area contributed by atoms with Gasteiger partial charge in [0.2, 0.25) is 0 Å². The van der Waals surface area contributed by atoms with Gasteiger partial charge in [0, 0.05) is 19.7 Å². The second kappa shape index (κ2) is 5.60. The Bertz CT molecular complexity index is 891. The fourth-order valence-corrected chi connectivity index (χ4v) is 2.62. The van der Waals surface area contributed by atoms with Gasteiger partial charge in [-0.1, -0.05) is 30.3 Å². The van der Waals surface area contributed by atoms with E-state index in [1.54, 1.807) is 24.7 Å². The Hall–Kier alpha value is -2.69. The Labute approximate surface area is 127 Å². The van der Waals surface area contributed by atoms with Gasteiger partial charge in [-0.2, -0.15) is 0 Å². The van der Waals surface area contributed by atoms with Gasteiger partial charge >= 0.3 is 5.69 Å². The molecule has 1 aromatic carbocycles. The summed E-state index contributed by atoms with van der Waals surface area (Å²) in [5, 5.41) is 0. The Kier molecular flexibility index (Phi) is 3.63. The lowest BCUT2D eigenvalue weighted by atomic mass is 10.1. The number of aromatic nitrogens is 3. The van der Waals surface area contributed by atoms with Gasteiger partial charge in [0.25, 0.3) is 0 Å². The topological polar surface area (TPSA) is 56.9 Å². The largest absolute Gasteiger partial charge is 0.330 e. The van der Waals surface area contributed by atoms with E-state index in [9.17, 15) is 9.59 Å². The maximum atomic E-state index is 12.4. The summed E-state index contributed by atoms with van der Waals surface area (Å²) in [5.41, 5.74) is 3.16. The molecule has 0 saturated carbocycles. The minimum absolute atomic E-state index is 0.0778. The molecular formula is C17H17N3O2. The van der Waals surface area contributed by atoms with Crippen molar-refractivity contribution in [2.75, 3.05) is 0 Å². The number of ketones is 1. The first kappa shape index (κ1) is 14.3. The Balaban J connectivity index is 2.13. The zero-order valence-electron chi connectivity index (χ0n) is 12.6. The molecular weight excluding hydrogens is 278 g/mol. The lowest BCUT2D eigenvalue weighted by Gasteiger charge is -2.04. The van der Waals surface area contributed by atoms with Crippen molar-refractivity contribution in [3.8, 4) is 0 Å². The van der Waals surface area contributed by atoms with Crippen LogP contribution in [0.3, 0.4) is 0 Å². The second-order valence-corrected chi connectivity index (χ2v) is 5.48. The highest BCUT2D eigenvalue weighted by molar-refractivity contribution is 5.80. The molecule has 0 N–H and O–H groups in total. The highest BCUT2D eigenvalue weighted by atomic mass is 16.1. The van der Waals surface area contributed by atoms with Crippen molar-refractivity contribution in [3.05, 3.63) is 64.2 Å². The minimum Gasteiger partial charge on any atom is -0.300 e. The molecule has 0 unspecified atom stereocenters. The number of aryl methyl sites for hydroxylation is 1. The number of carbonyl (C=O) groups excluding carboxylic acids is 1. The first-order chi connectivity index (χ1) is 10.6. The van der Waals surface area contributed by atoms with E-state index >= 15 is 0 Å². The summed E-state index contributed by atoms with van der Waals surface area (Å²) >= 11 is 0. The Morgan fingerprint density at radius 3 is 2.59 bits per heavy atom. The van der Waals surface area contributed by atoms with Gasteiger partial charge in [0.05, 0.1) is 12.1 Å². The van der Waals surface area contributed by atoms with Gasteiger partial charge in [-0.25, -0.2) is 9.78 Å². The molecule has 0 aliphatic rings. The van der Waals surface area contributed by atoms with Crippen LogP contribution in [0.4, 0.5) is 0 Å². The summed E-state index contributed by atoms with van der Waals surface area (Å²) in [6.45, 7) is 2.04. The molecule has 22 heavy (non-hydrogen) atoms. The van der Waals surface area contributed by atoms with Crippen LogP contribution in [-0.4, -0.2) is 19.9 Å². The molecule has 0 bridgehead atoms. The molecule has 0 amide bonds. The third-order valence-corrected chi connectivity index (χ3v) is 3.67. The van der Waals surface area contributed by atoms with E-state index in [0.29, 0.717) is 18.6 Å². The van der Waals surface area contributed by atoms with Crippen molar-refractivity contribution in [1.29, 1.82) is 0 Å². The number of benzene rings is 1. The second-order valence-electron chi connectivity index (χ2n) is 5.48. The third-order valence-electron chi connectivity index (χ3n) is 3.67. The van der Waals surface area contributed by atoms with Crippen LogP contribution in [0.2, 0.25) is 0 Å². The van der Waals surface area contributed by atoms with Crippen LogP contribution in [0.1, 0.15) is 18.1 Å². The van der Waals surface area contributed by atoms with Gasteiger partial charge in [0.1, 0.15) is 5.78 Å². The van der Waals surface area contributed by atoms with Crippen LogP contribution in [-0.2, 0) is 24.8 Å². The zero-order valence-corrected chi connectivity index (χ0v) is 12.6. The quantitative estimate of drug-likeness (QED) is 0.739. The van der Waals surface area contributed by atoms with E-state index in [0.717, 1.165) is 16.6 Å². The first-order valence-electron chi connectivity index (χ1n) is 7.14. The fourth-order valence-electron chi connectivity index (χ4n) is 2.62. The monoisotopic (exact) mass is 295 g/mol. The van der Waals surface area contributed by atoms with Crippen molar-refractivity contribution in [1.82, 2.24) is 14.1 Å². The number of nitrogens with zero attached hydrogens (tertiary/aromatic N) is 3. The molecule has 112 valence electrons. The van der Waals surface area contributed by atoms with Crippen molar-refractivity contribution >= 4 is 16.9 Å². The van der Waals surface area contributed by atoms with Crippen LogP contribution < -0.4 is 5.69 Å². The highest BCUT2D eigenvalue weighted by Crippen LogP contribution is 2.14. The van der Waals surface area contributed by atoms with E-state index in [1.165, 1.54) is 4.57 Å². The number of hydrogen-bond donors (Lipinski definition) is 0. The summed E-state index contributed by atoms with van der Waals surface area (Å²) in [5.74, 6) is 0.0778. The summed E-state index contributed by atoms with van der Waals surface area (Å²) in [7, 11) is 1.71. The first-order valence-corrected chi connectivity index (χ1v) is 7.14. The number of imidazole rings is 1. The van der Waals surface area contributed by atoms with Crippen LogP contribution in [0.5, 0.6) is 0 Å². The van der Waals surface area contributed by atoms with Crippen molar-refractivity contribution in [3.63, 3.8) is 0 Å². The fraction of sp³-hybridized carbons (Fsp3) is 0.235. The number of rotatable bonds is 4. The summed E-state index contributed by atoms with van der Waals surface area (Å²) in [4.78, 5) is 28.1. The molecule has 5 nitrogen and oxygen atoms in total. The molecule has 2 heterocycles. The van der Waals surface area contributed by atoms with Crippen LogP contribution in [0.15, 0.2) is 47.4 Å². The summed E-state index contributed by atoms with van der Waals surface area (Å²) in [6.07, 6.45) is 1.99. The standard InChI is InChI=1S/C17H17N3O2/c1-12(21)8-14-9-15-16(18-10-14)19(2)17(22)20(15)11-13-6-4-3-5-7-13/h3-7,9-10H,8,11H2,1-2H3. The summed E-state index contributed by atoms with van der Waals surface area (Å²) < 4.78 is 3.23. The third kappa shape index (κ3) is 2.57. The molecule has 0 saturated heterocycles. The smallest absolute Gasteiger partial charge is 0.300 e. The minimum atomic E-state index is -0.105. The van der Waals surface area contributed by atoms with Gasteiger partial charge < -0.3 is 0 Å². The van der Waals surface area contributed by atoms with Gasteiger partial charge in [-0.3, -0.25) is 13.9 Å². The maximum Gasteiger partial charge on any atom is 0.330 e. The van der Waals surface area contributed by atoms with E-state index in [1.807, 2.05) is 36.4 Å². The van der Waals surface area contributed by atoms with Crippen molar-refractivity contribution in [2.24, 2.45) is 7.05 Å². The molecule has 0 atom stereocenters. The van der Waals surface area contributed by atoms with Crippen LogP contribution in [0, 0.1) is 0 Å². The number of pyridine rings is 1. The summed E-state index contributed by atoms with van der Waals surface area (Å²) in [6, 6.07) is 11.7. The number of carbonyl (C=O) groups is 1.